The number of methoxy groups -OCH3 is 1. The summed E-state index contributed by atoms with van der Waals surface area (Å²) in [4.78, 5) is 18.6. The van der Waals surface area contributed by atoms with Gasteiger partial charge in [0.2, 0.25) is 0 Å². The first-order valence-corrected chi connectivity index (χ1v) is 11.1. The van der Waals surface area contributed by atoms with Gasteiger partial charge in [0.15, 0.2) is 16.7 Å². The quantitative estimate of drug-likeness (QED) is 0.345. The Hall–Kier alpha value is -1.42. The van der Waals surface area contributed by atoms with Crippen LogP contribution in [0.25, 0.3) is 6.08 Å². The van der Waals surface area contributed by atoms with Crippen molar-refractivity contribution in [1.29, 1.82) is 0 Å². The Labute approximate surface area is 197 Å². The van der Waals surface area contributed by atoms with Crippen LogP contribution in [0.1, 0.15) is 11.1 Å². The predicted molar refractivity (Wildman–Crippen MR) is 128 cm³/mol. The molecule has 0 N–H and O–H groups in total. The lowest BCUT2D eigenvalue weighted by molar-refractivity contribution is -0.121. The molecule has 0 unspecified atom stereocenters. The first-order chi connectivity index (χ1) is 13.8. The second kappa shape index (κ2) is 9.59. The molecule has 152 valence electrons. The molecule has 0 saturated carbocycles. The molecule has 1 amide bonds. The van der Waals surface area contributed by atoms with Gasteiger partial charge in [-0.1, -0.05) is 29.3 Å². The molecule has 0 aliphatic carbocycles. The summed E-state index contributed by atoms with van der Waals surface area (Å²) in [7, 11) is 4.96. The lowest BCUT2D eigenvalue weighted by Gasteiger charge is -2.14. The maximum absolute atomic E-state index is 12.4. The smallest absolute Gasteiger partial charge is 0.266 e. The molecule has 2 aromatic rings. The second-order valence-corrected chi connectivity index (χ2v) is 9.04. The van der Waals surface area contributed by atoms with Crippen molar-refractivity contribution in [2.24, 2.45) is 4.99 Å². The zero-order valence-corrected chi connectivity index (χ0v) is 20.3. The van der Waals surface area contributed by atoms with E-state index in [2.05, 4.69) is 27.6 Å². The summed E-state index contributed by atoms with van der Waals surface area (Å²) in [5.74, 6) is 1.13. The van der Waals surface area contributed by atoms with Gasteiger partial charge in [0, 0.05) is 14.1 Å². The average Bonchev–Trinajstić information content (AvgIpc) is 2.97. The van der Waals surface area contributed by atoms with Crippen LogP contribution in [0.3, 0.4) is 0 Å². The second-order valence-electron chi connectivity index (χ2n) is 6.05. The van der Waals surface area contributed by atoms with Crippen molar-refractivity contribution in [3.63, 3.8) is 0 Å². The summed E-state index contributed by atoms with van der Waals surface area (Å²) in [5, 5.41) is 1.65. The minimum absolute atomic E-state index is 0.0791. The molecule has 0 radical (unpaired) electrons. The summed E-state index contributed by atoms with van der Waals surface area (Å²) in [6, 6.07) is 9.15. The zero-order chi connectivity index (χ0) is 21.1. The van der Waals surface area contributed by atoms with Crippen LogP contribution < -0.4 is 9.47 Å². The van der Waals surface area contributed by atoms with Crippen LogP contribution in [-0.2, 0) is 11.4 Å². The summed E-state index contributed by atoms with van der Waals surface area (Å²) in [6.45, 7) is 0.319. The van der Waals surface area contributed by atoms with Gasteiger partial charge in [-0.15, -0.1) is 0 Å². The number of halogens is 3. The Morgan fingerprint density at radius 2 is 2.00 bits per heavy atom. The molecular formula is C20H17Cl2IN2O3S. The molecule has 1 aliphatic rings. The van der Waals surface area contributed by atoms with Gasteiger partial charge in [0.1, 0.15) is 6.61 Å². The minimum Gasteiger partial charge on any atom is -0.493 e. The maximum atomic E-state index is 12.4. The number of amides is 1. The molecule has 0 atom stereocenters. The SMILES string of the molecule is CN=C1S/C(=C/c2cc(I)c(OCc3ccc(Cl)c(Cl)c3)c(OC)c2)C(=O)N1C. The number of nitrogens with zero attached hydrogens (tertiary/aromatic N) is 2. The highest BCUT2D eigenvalue weighted by Gasteiger charge is 2.29. The third kappa shape index (κ3) is 5.02. The van der Waals surface area contributed by atoms with Crippen molar-refractivity contribution in [2.45, 2.75) is 6.61 Å². The van der Waals surface area contributed by atoms with E-state index < -0.39 is 0 Å². The van der Waals surface area contributed by atoms with E-state index in [4.69, 9.17) is 32.7 Å². The van der Waals surface area contributed by atoms with Crippen LogP contribution >= 0.6 is 57.6 Å². The van der Waals surface area contributed by atoms with Gasteiger partial charge in [-0.3, -0.25) is 14.7 Å². The summed E-state index contributed by atoms with van der Waals surface area (Å²) in [6.07, 6.45) is 1.83. The molecule has 1 fully saturated rings. The summed E-state index contributed by atoms with van der Waals surface area (Å²) < 4.78 is 12.4. The van der Waals surface area contributed by atoms with Gasteiger partial charge in [-0.2, -0.15) is 0 Å². The number of carbonyl (C=O) groups is 1. The Kier molecular flexibility index (Phi) is 7.37. The largest absolute Gasteiger partial charge is 0.493 e. The predicted octanol–water partition coefficient (Wildman–Crippen LogP) is 5.72. The Morgan fingerprint density at radius 1 is 1.24 bits per heavy atom. The first-order valence-electron chi connectivity index (χ1n) is 8.42. The highest BCUT2D eigenvalue weighted by Crippen LogP contribution is 2.37. The fraction of sp³-hybridized carbons (Fsp3) is 0.200. The summed E-state index contributed by atoms with van der Waals surface area (Å²) in [5.41, 5.74) is 1.74. The van der Waals surface area contributed by atoms with Crippen LogP contribution in [0.2, 0.25) is 10.0 Å². The zero-order valence-electron chi connectivity index (χ0n) is 15.8. The van der Waals surface area contributed by atoms with Gasteiger partial charge in [-0.05, 0) is 75.8 Å². The molecule has 2 aromatic carbocycles. The molecule has 1 saturated heterocycles. The molecule has 9 heteroatoms. The monoisotopic (exact) mass is 562 g/mol. The number of benzene rings is 2. The Morgan fingerprint density at radius 3 is 2.62 bits per heavy atom. The van der Waals surface area contributed by atoms with Gasteiger partial charge in [0.05, 0.1) is 25.6 Å². The molecule has 1 heterocycles. The fourth-order valence-corrected chi connectivity index (χ4v) is 4.68. The molecule has 0 spiro atoms. The third-order valence-electron chi connectivity index (χ3n) is 4.11. The van der Waals surface area contributed by atoms with Gasteiger partial charge in [0.25, 0.3) is 5.91 Å². The lowest BCUT2D eigenvalue weighted by atomic mass is 10.1. The van der Waals surface area contributed by atoms with E-state index in [0.29, 0.717) is 38.2 Å². The number of aliphatic imine (C=N–C) groups is 1. The molecule has 3 rings (SSSR count). The Balaban J connectivity index is 1.85. The fourth-order valence-electron chi connectivity index (χ4n) is 2.65. The standard InChI is InChI=1S/C20H17Cl2IN2O3S/c1-24-20-25(2)19(26)17(29-20)9-12-7-15(23)18(16(8-12)27-3)28-10-11-4-5-13(21)14(22)6-11/h4-9H,10H2,1-3H3/b17-9+,24-20?. The van der Waals surface area contributed by atoms with Crippen molar-refractivity contribution in [1.82, 2.24) is 4.90 Å². The van der Waals surface area contributed by atoms with Crippen molar-refractivity contribution < 1.29 is 14.3 Å². The van der Waals surface area contributed by atoms with E-state index in [1.165, 1.54) is 16.7 Å². The van der Waals surface area contributed by atoms with Crippen molar-refractivity contribution in [3.8, 4) is 11.5 Å². The van der Waals surface area contributed by atoms with E-state index >= 15 is 0 Å². The first kappa shape index (κ1) is 22.3. The number of ether oxygens (including phenoxy) is 2. The van der Waals surface area contributed by atoms with Crippen molar-refractivity contribution >= 4 is 74.7 Å². The number of amidine groups is 1. The summed E-state index contributed by atoms with van der Waals surface area (Å²) >= 11 is 15.6. The van der Waals surface area contributed by atoms with Crippen LogP contribution in [-0.4, -0.2) is 37.2 Å². The van der Waals surface area contributed by atoms with E-state index in [1.54, 1.807) is 33.3 Å². The lowest BCUT2D eigenvalue weighted by Crippen LogP contribution is -2.23. The number of carbonyl (C=O) groups excluding carboxylic acids is 1. The number of likely N-dealkylation sites (N-methyl/N-ethyl adjacent to an activating group) is 1. The van der Waals surface area contributed by atoms with Crippen LogP contribution in [0.5, 0.6) is 11.5 Å². The van der Waals surface area contributed by atoms with Crippen LogP contribution in [0, 0.1) is 3.57 Å². The van der Waals surface area contributed by atoms with Crippen LogP contribution in [0.15, 0.2) is 40.2 Å². The highest BCUT2D eigenvalue weighted by atomic mass is 127. The van der Waals surface area contributed by atoms with Crippen molar-refractivity contribution in [2.75, 3.05) is 21.2 Å². The van der Waals surface area contributed by atoms with Gasteiger partial charge in [-0.25, -0.2) is 0 Å². The number of hydrogen-bond donors (Lipinski definition) is 0. The van der Waals surface area contributed by atoms with Gasteiger partial charge < -0.3 is 9.47 Å². The molecule has 1 aliphatic heterocycles. The number of thioether (sulfide) groups is 1. The molecular weight excluding hydrogens is 546 g/mol. The normalized spacial score (nSPS) is 16.8. The minimum atomic E-state index is -0.0791. The molecule has 29 heavy (non-hydrogen) atoms. The van der Waals surface area contributed by atoms with E-state index in [-0.39, 0.29) is 5.91 Å². The highest BCUT2D eigenvalue weighted by molar-refractivity contribution is 14.1. The van der Waals surface area contributed by atoms with E-state index in [1.807, 2.05) is 24.3 Å². The average molecular weight is 563 g/mol. The van der Waals surface area contributed by atoms with E-state index in [0.717, 1.165) is 14.7 Å². The number of hydrogen-bond acceptors (Lipinski definition) is 5. The van der Waals surface area contributed by atoms with Crippen molar-refractivity contribution in [3.05, 3.63) is 60.0 Å². The maximum Gasteiger partial charge on any atom is 0.266 e. The van der Waals surface area contributed by atoms with E-state index in [9.17, 15) is 4.79 Å². The molecule has 5 nitrogen and oxygen atoms in total. The molecule has 0 aromatic heterocycles. The Bertz CT molecular complexity index is 1030. The topological polar surface area (TPSA) is 51.1 Å². The molecule has 0 bridgehead atoms. The third-order valence-corrected chi connectivity index (χ3v) is 6.80. The number of rotatable bonds is 5. The van der Waals surface area contributed by atoms with Gasteiger partial charge >= 0.3 is 0 Å². The van der Waals surface area contributed by atoms with Crippen LogP contribution in [0.4, 0.5) is 0 Å².